The van der Waals surface area contributed by atoms with Crippen LogP contribution in [-0.4, -0.2) is 49.7 Å². The molecule has 1 aliphatic heterocycles. The van der Waals surface area contributed by atoms with Gasteiger partial charge in [-0.1, -0.05) is 13.8 Å². The highest BCUT2D eigenvalue weighted by Gasteiger charge is 2.36. The van der Waals surface area contributed by atoms with Gasteiger partial charge in [0.2, 0.25) is 0 Å². The van der Waals surface area contributed by atoms with Crippen molar-refractivity contribution in [2.45, 2.75) is 51.2 Å². The van der Waals surface area contributed by atoms with Crippen LogP contribution >= 0.6 is 0 Å². The molecule has 0 spiro atoms. The van der Waals surface area contributed by atoms with E-state index in [9.17, 15) is 13.2 Å². The van der Waals surface area contributed by atoms with Gasteiger partial charge in [0.15, 0.2) is 5.65 Å². The maximum Gasteiger partial charge on any atom is 0.433 e. The summed E-state index contributed by atoms with van der Waals surface area (Å²) in [5.41, 5.74) is 1.57. The largest absolute Gasteiger partial charge is 0.467 e. The molecular weight excluding hydrogens is 409 g/mol. The van der Waals surface area contributed by atoms with Crippen LogP contribution in [0.5, 0.6) is 6.01 Å². The highest BCUT2D eigenvalue weighted by Crippen LogP contribution is 2.33. The molecule has 0 aliphatic carbocycles. The first-order chi connectivity index (χ1) is 14.7. The van der Waals surface area contributed by atoms with Gasteiger partial charge in [0.25, 0.3) is 0 Å². The second-order valence-electron chi connectivity index (χ2n) is 8.19. The van der Waals surface area contributed by atoms with E-state index in [1.165, 1.54) is 7.11 Å². The van der Waals surface area contributed by atoms with E-state index in [0.29, 0.717) is 17.4 Å². The first-order valence-electron chi connectivity index (χ1n) is 10.3. The van der Waals surface area contributed by atoms with Gasteiger partial charge in [-0.2, -0.15) is 18.3 Å². The van der Waals surface area contributed by atoms with Gasteiger partial charge in [0.05, 0.1) is 12.8 Å². The lowest BCUT2D eigenvalue weighted by molar-refractivity contribution is -0.142. The van der Waals surface area contributed by atoms with Crippen molar-refractivity contribution in [1.82, 2.24) is 29.5 Å². The maximum absolute atomic E-state index is 13.6. The summed E-state index contributed by atoms with van der Waals surface area (Å²) in [5, 5.41) is 4.31. The normalized spacial score (nSPS) is 16.4. The third-order valence-electron chi connectivity index (χ3n) is 5.62. The van der Waals surface area contributed by atoms with Gasteiger partial charge in [-0.3, -0.25) is 4.90 Å². The van der Waals surface area contributed by atoms with Crippen LogP contribution in [0.1, 0.15) is 61.2 Å². The summed E-state index contributed by atoms with van der Waals surface area (Å²) < 4.78 is 46.7. The predicted octanol–water partition coefficient (Wildman–Crippen LogP) is 4.05. The van der Waals surface area contributed by atoms with Crippen LogP contribution in [0.25, 0.3) is 5.65 Å². The minimum absolute atomic E-state index is 0.102. The Morgan fingerprint density at radius 3 is 2.39 bits per heavy atom. The van der Waals surface area contributed by atoms with Crippen molar-refractivity contribution in [3.63, 3.8) is 0 Å². The third-order valence-corrected chi connectivity index (χ3v) is 5.62. The van der Waals surface area contributed by atoms with Crippen molar-refractivity contribution in [2.24, 2.45) is 0 Å². The van der Waals surface area contributed by atoms with Crippen molar-refractivity contribution in [3.8, 4) is 6.01 Å². The number of fused-ring (bicyclic) bond motifs is 1. The highest BCUT2D eigenvalue weighted by molar-refractivity contribution is 5.44. The molecule has 0 N–H and O–H groups in total. The fourth-order valence-corrected chi connectivity index (χ4v) is 3.88. The maximum atomic E-state index is 13.6. The molecule has 4 heterocycles. The van der Waals surface area contributed by atoms with E-state index < -0.39 is 11.9 Å². The Labute approximate surface area is 178 Å². The Morgan fingerprint density at radius 1 is 1.13 bits per heavy atom. The molecule has 1 fully saturated rings. The Bertz CT molecular complexity index is 1040. The molecule has 0 bridgehead atoms. The summed E-state index contributed by atoms with van der Waals surface area (Å²) in [6.07, 6.45) is 0.643. The van der Waals surface area contributed by atoms with Crippen LogP contribution in [0.3, 0.4) is 0 Å². The Kier molecular flexibility index (Phi) is 5.83. The van der Waals surface area contributed by atoms with Crippen LogP contribution in [0.4, 0.5) is 13.2 Å². The number of rotatable bonds is 5. The van der Waals surface area contributed by atoms with E-state index in [-0.39, 0.29) is 17.5 Å². The summed E-state index contributed by atoms with van der Waals surface area (Å²) in [6.45, 7) is 6.03. The molecule has 10 heteroatoms. The lowest BCUT2D eigenvalue weighted by Crippen LogP contribution is -2.32. The van der Waals surface area contributed by atoms with E-state index in [0.717, 1.165) is 48.6 Å². The van der Waals surface area contributed by atoms with E-state index in [2.05, 4.69) is 25.0 Å². The number of halogens is 3. The summed E-state index contributed by atoms with van der Waals surface area (Å²) in [4.78, 5) is 15.0. The number of nitrogens with zero attached hydrogens (tertiary/aromatic N) is 6. The van der Waals surface area contributed by atoms with Crippen LogP contribution in [0, 0.1) is 0 Å². The molecular formula is C21H25F3N6O. The van der Waals surface area contributed by atoms with E-state index in [4.69, 9.17) is 4.74 Å². The zero-order valence-corrected chi connectivity index (χ0v) is 17.7. The Balaban J connectivity index is 1.49. The van der Waals surface area contributed by atoms with Crippen molar-refractivity contribution in [2.75, 3.05) is 20.2 Å². The summed E-state index contributed by atoms with van der Waals surface area (Å²) in [6, 6.07) is 3.15. The second kappa shape index (κ2) is 8.41. The van der Waals surface area contributed by atoms with Crippen LogP contribution in [0.15, 0.2) is 24.5 Å². The number of aromatic nitrogens is 5. The number of methoxy groups -OCH3 is 1. The lowest BCUT2D eigenvalue weighted by atomic mass is 9.93. The summed E-state index contributed by atoms with van der Waals surface area (Å²) in [5.74, 6) is 0.00303. The van der Waals surface area contributed by atoms with E-state index >= 15 is 0 Å². The quantitative estimate of drug-likeness (QED) is 0.604. The molecule has 0 unspecified atom stereocenters. The smallest absolute Gasteiger partial charge is 0.433 e. The lowest BCUT2D eigenvalue weighted by Gasteiger charge is -2.31. The van der Waals surface area contributed by atoms with Crippen molar-refractivity contribution >= 4 is 5.65 Å². The van der Waals surface area contributed by atoms with Gasteiger partial charge in [0, 0.05) is 42.2 Å². The first kappa shape index (κ1) is 21.5. The average Bonchev–Trinajstić information content (AvgIpc) is 3.17. The van der Waals surface area contributed by atoms with Crippen molar-refractivity contribution in [1.29, 1.82) is 0 Å². The van der Waals surface area contributed by atoms with Crippen LogP contribution < -0.4 is 4.74 Å². The minimum atomic E-state index is -4.49. The monoisotopic (exact) mass is 434 g/mol. The van der Waals surface area contributed by atoms with Gasteiger partial charge in [-0.15, -0.1) is 0 Å². The van der Waals surface area contributed by atoms with Crippen LogP contribution in [-0.2, 0) is 12.7 Å². The van der Waals surface area contributed by atoms with Gasteiger partial charge in [-0.25, -0.2) is 19.5 Å². The first-order valence-corrected chi connectivity index (χ1v) is 10.3. The van der Waals surface area contributed by atoms with E-state index in [1.54, 1.807) is 18.5 Å². The molecule has 0 aromatic carbocycles. The minimum Gasteiger partial charge on any atom is -0.467 e. The number of likely N-dealkylation sites (tertiary alicyclic amines) is 1. The van der Waals surface area contributed by atoms with Gasteiger partial charge in [-0.05, 0) is 37.9 Å². The topological polar surface area (TPSA) is 68.4 Å². The van der Waals surface area contributed by atoms with Crippen LogP contribution in [0.2, 0.25) is 0 Å². The highest BCUT2D eigenvalue weighted by atomic mass is 19.4. The summed E-state index contributed by atoms with van der Waals surface area (Å²) in [7, 11) is 1.52. The SMILES string of the molecule is COc1ncc(CN2CCC(c3cc4nc(C(C)C)cc(C(F)(F)F)n4n3)CC2)cn1. The Morgan fingerprint density at radius 2 is 1.81 bits per heavy atom. The zero-order chi connectivity index (χ0) is 22.2. The Hall–Kier alpha value is -2.75. The molecule has 0 atom stereocenters. The fourth-order valence-electron chi connectivity index (χ4n) is 3.88. The molecule has 3 aromatic heterocycles. The number of hydrogen-bond acceptors (Lipinski definition) is 6. The third kappa shape index (κ3) is 4.63. The van der Waals surface area contributed by atoms with Gasteiger partial charge < -0.3 is 4.74 Å². The molecule has 0 radical (unpaired) electrons. The number of ether oxygens (including phenoxy) is 1. The molecule has 0 saturated carbocycles. The van der Waals surface area contributed by atoms with Gasteiger partial charge in [0.1, 0.15) is 5.69 Å². The zero-order valence-electron chi connectivity index (χ0n) is 17.7. The van der Waals surface area contributed by atoms with E-state index in [1.807, 2.05) is 13.8 Å². The molecule has 3 aromatic rings. The number of piperidine rings is 1. The van der Waals surface area contributed by atoms with Gasteiger partial charge >= 0.3 is 12.2 Å². The fraction of sp³-hybridized carbons (Fsp3) is 0.524. The molecule has 4 rings (SSSR count). The molecule has 0 amide bonds. The van der Waals surface area contributed by atoms with Crippen molar-refractivity contribution in [3.05, 3.63) is 47.2 Å². The molecule has 1 saturated heterocycles. The molecule has 1 aliphatic rings. The molecule has 166 valence electrons. The second-order valence-corrected chi connectivity index (χ2v) is 8.19. The predicted molar refractivity (Wildman–Crippen MR) is 108 cm³/mol. The average molecular weight is 434 g/mol. The number of hydrogen-bond donors (Lipinski definition) is 0. The molecule has 7 nitrogen and oxygen atoms in total. The molecule has 31 heavy (non-hydrogen) atoms. The summed E-state index contributed by atoms with van der Waals surface area (Å²) >= 11 is 0. The standard InChI is InChI=1S/C21H25F3N6O/c1-13(2)16-8-18(21(22,23)24)30-19(27-16)9-17(28-30)15-4-6-29(7-5-15)12-14-10-25-20(31-3)26-11-14/h8-11,13,15H,4-7,12H2,1-3H3. The number of alkyl halides is 3. The van der Waals surface area contributed by atoms with Crippen molar-refractivity contribution < 1.29 is 17.9 Å².